The van der Waals surface area contributed by atoms with Gasteiger partial charge in [0.25, 0.3) is 0 Å². The molecule has 6 heteroatoms. The molecule has 1 heterocycles. The summed E-state index contributed by atoms with van der Waals surface area (Å²) in [7, 11) is 0. The van der Waals surface area contributed by atoms with Crippen LogP contribution in [0.1, 0.15) is 26.1 Å². The van der Waals surface area contributed by atoms with Gasteiger partial charge in [0.05, 0.1) is 13.1 Å². The Morgan fingerprint density at radius 2 is 2.47 bits per heavy atom. The maximum Gasteiger partial charge on any atom is 0.234 e. The van der Waals surface area contributed by atoms with Gasteiger partial charge in [-0.1, -0.05) is 12.1 Å². The molecule has 0 bridgehead atoms. The molecular formula is C9H16N4O2. The maximum atomic E-state index is 11.3. The monoisotopic (exact) mass is 212 g/mol. The third-order valence-corrected chi connectivity index (χ3v) is 2.07. The van der Waals surface area contributed by atoms with Crippen LogP contribution in [0.2, 0.25) is 0 Å². The summed E-state index contributed by atoms with van der Waals surface area (Å²) in [6.45, 7) is 4.71. The second-order valence-electron chi connectivity index (χ2n) is 3.31. The molecule has 6 nitrogen and oxygen atoms in total. The first-order valence-corrected chi connectivity index (χ1v) is 4.97. The lowest BCUT2D eigenvalue weighted by atomic mass is 10.2. The van der Waals surface area contributed by atoms with E-state index in [2.05, 4.69) is 32.2 Å². The fraction of sp³-hybridized carbons (Fsp3) is 0.667. The van der Waals surface area contributed by atoms with E-state index in [0.29, 0.717) is 25.0 Å². The summed E-state index contributed by atoms with van der Waals surface area (Å²) in [5.41, 5.74) is 0. The van der Waals surface area contributed by atoms with Gasteiger partial charge in [-0.3, -0.25) is 4.79 Å². The van der Waals surface area contributed by atoms with E-state index in [1.54, 1.807) is 0 Å². The summed E-state index contributed by atoms with van der Waals surface area (Å²) in [4.78, 5) is 15.1. The van der Waals surface area contributed by atoms with Gasteiger partial charge in [0.2, 0.25) is 12.3 Å². The van der Waals surface area contributed by atoms with Crippen LogP contribution < -0.4 is 10.6 Å². The molecule has 0 radical (unpaired) electrons. The first-order valence-electron chi connectivity index (χ1n) is 4.97. The molecule has 0 aliphatic rings. The van der Waals surface area contributed by atoms with Gasteiger partial charge in [-0.05, 0) is 13.3 Å². The Hall–Kier alpha value is -1.43. The van der Waals surface area contributed by atoms with Gasteiger partial charge < -0.3 is 15.2 Å². The molecule has 1 amide bonds. The lowest BCUT2D eigenvalue weighted by molar-refractivity contribution is -0.120. The Morgan fingerprint density at radius 3 is 3.07 bits per heavy atom. The number of rotatable bonds is 6. The Morgan fingerprint density at radius 1 is 1.67 bits per heavy atom. The molecule has 0 aliphatic heterocycles. The Balaban J connectivity index is 2.14. The number of nitrogens with one attached hydrogen (secondary N) is 2. The highest BCUT2D eigenvalue weighted by atomic mass is 16.5. The quantitative estimate of drug-likeness (QED) is 0.697. The van der Waals surface area contributed by atoms with E-state index >= 15 is 0 Å². The van der Waals surface area contributed by atoms with Crippen molar-refractivity contribution in [1.82, 2.24) is 20.8 Å². The normalized spacial score (nSPS) is 12.4. The summed E-state index contributed by atoms with van der Waals surface area (Å²) >= 11 is 0. The zero-order valence-electron chi connectivity index (χ0n) is 8.99. The number of carbonyl (C=O) groups is 1. The fourth-order valence-corrected chi connectivity index (χ4v) is 0.922. The molecule has 0 saturated heterocycles. The van der Waals surface area contributed by atoms with E-state index in [4.69, 9.17) is 0 Å². The van der Waals surface area contributed by atoms with Crippen molar-refractivity contribution in [2.75, 3.05) is 6.54 Å². The molecule has 1 rings (SSSR count). The highest BCUT2D eigenvalue weighted by molar-refractivity contribution is 5.77. The number of carbonyl (C=O) groups excluding carboxylic acids is 1. The molecule has 0 fully saturated rings. The predicted octanol–water partition coefficient (Wildman–Crippen LogP) is 0.0739. The molecule has 1 aromatic heterocycles. The lowest BCUT2D eigenvalue weighted by Gasteiger charge is -2.10. The Kier molecular flexibility index (Phi) is 4.76. The minimum atomic E-state index is -0.0694. The molecule has 1 aromatic rings. The van der Waals surface area contributed by atoms with Gasteiger partial charge in [0.1, 0.15) is 0 Å². The average Bonchev–Trinajstić information content (AvgIpc) is 2.75. The van der Waals surface area contributed by atoms with Crippen molar-refractivity contribution in [3.63, 3.8) is 0 Å². The molecule has 0 aromatic carbocycles. The van der Waals surface area contributed by atoms with Crippen molar-refractivity contribution in [1.29, 1.82) is 0 Å². The van der Waals surface area contributed by atoms with Gasteiger partial charge in [-0.2, -0.15) is 4.98 Å². The van der Waals surface area contributed by atoms with Crippen molar-refractivity contribution >= 4 is 5.91 Å². The SMILES string of the molecule is CCC(C)NCC(=O)NCc1ncon1. The molecular weight excluding hydrogens is 196 g/mol. The van der Waals surface area contributed by atoms with Crippen LogP contribution >= 0.6 is 0 Å². The van der Waals surface area contributed by atoms with Crippen LogP contribution in [-0.4, -0.2) is 28.6 Å². The van der Waals surface area contributed by atoms with Crippen LogP contribution in [-0.2, 0) is 11.3 Å². The summed E-state index contributed by atoms with van der Waals surface area (Å²) in [5, 5.41) is 9.34. The largest absolute Gasteiger partial charge is 0.348 e. The van der Waals surface area contributed by atoms with Crippen LogP contribution in [0.25, 0.3) is 0 Å². The smallest absolute Gasteiger partial charge is 0.234 e. The van der Waals surface area contributed by atoms with Crippen LogP contribution in [0.4, 0.5) is 0 Å². The molecule has 0 saturated carbocycles. The molecule has 0 aliphatic carbocycles. The van der Waals surface area contributed by atoms with Gasteiger partial charge in [0, 0.05) is 6.04 Å². The Labute approximate surface area is 88.4 Å². The van der Waals surface area contributed by atoms with E-state index in [9.17, 15) is 4.79 Å². The molecule has 0 spiro atoms. The summed E-state index contributed by atoms with van der Waals surface area (Å²) in [5.74, 6) is 0.409. The topological polar surface area (TPSA) is 80.0 Å². The van der Waals surface area contributed by atoms with Gasteiger partial charge in [-0.15, -0.1) is 0 Å². The van der Waals surface area contributed by atoms with E-state index in [-0.39, 0.29) is 5.91 Å². The van der Waals surface area contributed by atoms with Gasteiger partial charge in [-0.25, -0.2) is 0 Å². The van der Waals surface area contributed by atoms with Crippen molar-refractivity contribution in [2.24, 2.45) is 0 Å². The Bertz CT molecular complexity index is 286. The zero-order chi connectivity index (χ0) is 11.1. The second kappa shape index (κ2) is 6.13. The van der Waals surface area contributed by atoms with Crippen molar-refractivity contribution in [2.45, 2.75) is 32.9 Å². The van der Waals surface area contributed by atoms with E-state index in [1.165, 1.54) is 6.39 Å². The third kappa shape index (κ3) is 4.55. The number of aromatic nitrogens is 2. The number of amides is 1. The predicted molar refractivity (Wildman–Crippen MR) is 53.9 cm³/mol. The van der Waals surface area contributed by atoms with Crippen molar-refractivity contribution in [3.8, 4) is 0 Å². The first kappa shape index (κ1) is 11.6. The lowest BCUT2D eigenvalue weighted by Crippen LogP contribution is -2.37. The second-order valence-corrected chi connectivity index (χ2v) is 3.31. The molecule has 2 N–H and O–H groups in total. The highest BCUT2D eigenvalue weighted by Gasteiger charge is 2.05. The van der Waals surface area contributed by atoms with Crippen molar-refractivity contribution < 1.29 is 9.32 Å². The minimum absolute atomic E-state index is 0.0694. The molecule has 1 atom stereocenters. The molecule has 15 heavy (non-hydrogen) atoms. The number of nitrogens with zero attached hydrogens (tertiary/aromatic N) is 2. The molecule has 84 valence electrons. The zero-order valence-corrected chi connectivity index (χ0v) is 8.99. The number of hydrogen-bond acceptors (Lipinski definition) is 5. The molecule has 1 unspecified atom stereocenters. The van der Waals surface area contributed by atoms with Crippen LogP contribution in [0.15, 0.2) is 10.9 Å². The summed E-state index contributed by atoms with van der Waals surface area (Å²) in [6.07, 6.45) is 2.23. The van der Waals surface area contributed by atoms with E-state index in [1.807, 2.05) is 6.92 Å². The average molecular weight is 212 g/mol. The summed E-state index contributed by atoms with van der Waals surface area (Å²) in [6, 6.07) is 0.348. The van der Waals surface area contributed by atoms with Crippen molar-refractivity contribution in [3.05, 3.63) is 12.2 Å². The summed E-state index contributed by atoms with van der Waals surface area (Å²) < 4.78 is 4.53. The standard InChI is InChI=1S/C9H16N4O2/c1-3-7(2)10-5-9(14)11-4-8-12-6-15-13-8/h6-7,10H,3-5H2,1-2H3,(H,11,14). The maximum absolute atomic E-state index is 11.3. The van der Waals surface area contributed by atoms with Gasteiger partial charge >= 0.3 is 0 Å². The third-order valence-electron chi connectivity index (χ3n) is 2.07. The van der Waals surface area contributed by atoms with E-state index in [0.717, 1.165) is 6.42 Å². The highest BCUT2D eigenvalue weighted by Crippen LogP contribution is 1.88. The van der Waals surface area contributed by atoms with Crippen LogP contribution in [0.3, 0.4) is 0 Å². The number of hydrogen-bond donors (Lipinski definition) is 2. The van der Waals surface area contributed by atoms with Crippen LogP contribution in [0.5, 0.6) is 0 Å². The first-order chi connectivity index (χ1) is 7.22. The van der Waals surface area contributed by atoms with Crippen LogP contribution in [0, 0.1) is 0 Å². The fourth-order valence-electron chi connectivity index (χ4n) is 0.922. The minimum Gasteiger partial charge on any atom is -0.348 e. The van der Waals surface area contributed by atoms with E-state index < -0.39 is 0 Å². The van der Waals surface area contributed by atoms with Gasteiger partial charge in [0.15, 0.2) is 5.82 Å².